The Balaban J connectivity index is 1.95. The average Bonchev–Trinajstić information content (AvgIpc) is 2.64. The van der Waals surface area contributed by atoms with Gasteiger partial charge in [0, 0.05) is 29.8 Å². The van der Waals surface area contributed by atoms with Crippen LogP contribution in [0, 0.1) is 30.9 Å². The molecule has 7 nitrogen and oxygen atoms in total. The molecule has 1 unspecified atom stereocenters. The molecule has 1 atom stereocenters. The lowest BCUT2D eigenvalue weighted by Gasteiger charge is -2.21. The Morgan fingerprint density at radius 1 is 1.14 bits per heavy atom. The predicted molar refractivity (Wildman–Crippen MR) is 115 cm³/mol. The fraction of sp³-hybridized carbons (Fsp3) is 0.333. The van der Waals surface area contributed by atoms with Crippen LogP contribution in [0.2, 0.25) is 0 Å². The number of carbonyl (C=O) groups excluding carboxylic acids is 2. The van der Waals surface area contributed by atoms with Crippen LogP contribution in [0.25, 0.3) is 0 Å². The normalized spacial score (nSPS) is 11.6. The van der Waals surface area contributed by atoms with Gasteiger partial charge in [0.25, 0.3) is 5.69 Å². The average molecular weight is 416 g/mol. The number of amides is 2. The Kier molecular flexibility index (Phi) is 7.39. The molecule has 0 aliphatic heterocycles. The van der Waals surface area contributed by atoms with E-state index in [1.807, 2.05) is 32.9 Å². The van der Waals surface area contributed by atoms with Crippen molar-refractivity contribution in [3.8, 4) is 0 Å². The number of likely N-dealkylation sites (N-methyl/N-ethyl adjacent to an activating group) is 1. The van der Waals surface area contributed by atoms with Gasteiger partial charge in [-0.25, -0.2) is 0 Å². The lowest BCUT2D eigenvalue weighted by atomic mass is 10.1. The molecular formula is C21H25N3O4S. The van der Waals surface area contributed by atoms with E-state index in [1.165, 1.54) is 28.8 Å². The Labute approximate surface area is 174 Å². The maximum absolute atomic E-state index is 12.6. The highest BCUT2D eigenvalue weighted by molar-refractivity contribution is 8.00. The molecule has 0 spiro atoms. The minimum absolute atomic E-state index is 0.00353. The largest absolute Gasteiger partial charge is 0.335 e. The van der Waals surface area contributed by atoms with Crippen LogP contribution in [-0.2, 0) is 9.59 Å². The number of carbonyl (C=O) groups is 2. The molecule has 2 amide bonds. The molecule has 0 heterocycles. The maximum Gasteiger partial charge on any atom is 0.269 e. The van der Waals surface area contributed by atoms with E-state index < -0.39 is 10.2 Å². The minimum Gasteiger partial charge on any atom is -0.335 e. The van der Waals surface area contributed by atoms with Gasteiger partial charge in [-0.15, -0.1) is 11.8 Å². The lowest BCUT2D eigenvalue weighted by molar-refractivity contribution is -0.384. The van der Waals surface area contributed by atoms with Crippen LogP contribution in [0.3, 0.4) is 0 Å². The second kappa shape index (κ2) is 9.56. The zero-order valence-corrected chi connectivity index (χ0v) is 18.0. The summed E-state index contributed by atoms with van der Waals surface area (Å²) in [6.07, 6.45) is 0. The van der Waals surface area contributed by atoms with Gasteiger partial charge < -0.3 is 10.2 Å². The molecule has 0 aliphatic carbocycles. The summed E-state index contributed by atoms with van der Waals surface area (Å²) in [4.78, 5) is 37.4. The molecule has 1 N–H and O–H groups in total. The molecule has 29 heavy (non-hydrogen) atoms. The molecule has 0 saturated heterocycles. The molecule has 0 fully saturated rings. The Hall–Kier alpha value is -2.87. The summed E-state index contributed by atoms with van der Waals surface area (Å²) in [5, 5.41) is 13.2. The van der Waals surface area contributed by atoms with Gasteiger partial charge in [0.05, 0.1) is 16.7 Å². The SMILES string of the molecule is Cc1cc(C)c(NC(=O)CN(C)C(=O)C(C)Sc2ccc([N+](=O)[O-])cc2)c(C)c1. The molecule has 0 aromatic heterocycles. The third-order valence-electron chi connectivity index (χ3n) is 4.41. The van der Waals surface area contributed by atoms with E-state index >= 15 is 0 Å². The first-order valence-corrected chi connectivity index (χ1v) is 10.00. The minimum atomic E-state index is -0.465. The smallest absolute Gasteiger partial charge is 0.269 e. The van der Waals surface area contributed by atoms with Crippen molar-refractivity contribution in [2.75, 3.05) is 18.9 Å². The molecule has 2 rings (SSSR count). The molecule has 0 saturated carbocycles. The molecule has 0 aliphatic rings. The number of nitro groups is 1. The number of rotatable bonds is 7. The molecule has 2 aromatic carbocycles. The van der Waals surface area contributed by atoms with Crippen molar-refractivity contribution in [3.63, 3.8) is 0 Å². The highest BCUT2D eigenvalue weighted by Crippen LogP contribution is 2.26. The fourth-order valence-corrected chi connectivity index (χ4v) is 4.04. The zero-order chi connectivity index (χ0) is 21.7. The van der Waals surface area contributed by atoms with Gasteiger partial charge in [-0.2, -0.15) is 0 Å². The van der Waals surface area contributed by atoms with Gasteiger partial charge in [-0.3, -0.25) is 19.7 Å². The molecule has 154 valence electrons. The third-order valence-corrected chi connectivity index (χ3v) is 5.51. The second-order valence-electron chi connectivity index (χ2n) is 7.03. The van der Waals surface area contributed by atoms with Crippen LogP contribution >= 0.6 is 11.8 Å². The number of nitro benzene ring substituents is 1. The quantitative estimate of drug-likeness (QED) is 0.418. The van der Waals surface area contributed by atoms with Crippen LogP contribution in [-0.4, -0.2) is 40.5 Å². The number of aryl methyl sites for hydroxylation is 3. The van der Waals surface area contributed by atoms with E-state index in [9.17, 15) is 19.7 Å². The number of non-ortho nitro benzene ring substituents is 1. The monoisotopic (exact) mass is 415 g/mol. The van der Waals surface area contributed by atoms with Crippen molar-refractivity contribution in [2.45, 2.75) is 37.8 Å². The summed E-state index contributed by atoms with van der Waals surface area (Å²) in [6, 6.07) is 10.0. The van der Waals surface area contributed by atoms with Gasteiger partial charge in [0.2, 0.25) is 11.8 Å². The zero-order valence-electron chi connectivity index (χ0n) is 17.2. The van der Waals surface area contributed by atoms with Gasteiger partial charge in [-0.1, -0.05) is 17.7 Å². The first kappa shape index (κ1) is 22.4. The van der Waals surface area contributed by atoms with Crippen molar-refractivity contribution >= 4 is 35.0 Å². The predicted octanol–water partition coefficient (Wildman–Crippen LogP) is 4.10. The van der Waals surface area contributed by atoms with E-state index in [1.54, 1.807) is 26.1 Å². The highest BCUT2D eigenvalue weighted by atomic mass is 32.2. The van der Waals surface area contributed by atoms with Gasteiger partial charge in [0.1, 0.15) is 0 Å². The Morgan fingerprint density at radius 3 is 2.21 bits per heavy atom. The van der Waals surface area contributed by atoms with Crippen LogP contribution in [0.15, 0.2) is 41.3 Å². The van der Waals surface area contributed by atoms with E-state index in [-0.39, 0.29) is 24.0 Å². The number of nitrogens with zero attached hydrogens (tertiary/aromatic N) is 2. The first-order chi connectivity index (χ1) is 13.6. The summed E-state index contributed by atoms with van der Waals surface area (Å²) in [7, 11) is 1.59. The summed E-state index contributed by atoms with van der Waals surface area (Å²) in [5.41, 5.74) is 3.86. The summed E-state index contributed by atoms with van der Waals surface area (Å²) >= 11 is 1.29. The molecule has 0 bridgehead atoms. The standard InChI is InChI=1S/C21H25N3O4S/c1-13-10-14(2)20(15(3)11-13)22-19(25)12-23(5)21(26)16(4)29-18-8-6-17(7-9-18)24(27)28/h6-11,16H,12H2,1-5H3,(H,22,25). The van der Waals surface area contributed by atoms with Gasteiger partial charge in [0.15, 0.2) is 0 Å². The number of nitrogens with one attached hydrogen (secondary N) is 1. The third kappa shape index (κ3) is 6.05. The number of thioether (sulfide) groups is 1. The topological polar surface area (TPSA) is 92.6 Å². The van der Waals surface area contributed by atoms with Gasteiger partial charge >= 0.3 is 0 Å². The number of benzene rings is 2. The van der Waals surface area contributed by atoms with E-state index in [0.29, 0.717) is 0 Å². The Bertz CT molecular complexity index is 905. The Morgan fingerprint density at radius 2 is 1.69 bits per heavy atom. The van der Waals surface area contributed by atoms with Crippen molar-refractivity contribution in [1.29, 1.82) is 0 Å². The summed E-state index contributed by atoms with van der Waals surface area (Å²) in [6.45, 7) is 7.57. The number of hydrogen-bond acceptors (Lipinski definition) is 5. The van der Waals surface area contributed by atoms with Crippen LogP contribution < -0.4 is 5.32 Å². The van der Waals surface area contributed by atoms with Crippen molar-refractivity contribution in [1.82, 2.24) is 4.90 Å². The van der Waals surface area contributed by atoms with E-state index in [4.69, 9.17) is 0 Å². The molecule has 8 heteroatoms. The van der Waals surface area contributed by atoms with Crippen molar-refractivity contribution < 1.29 is 14.5 Å². The summed E-state index contributed by atoms with van der Waals surface area (Å²) in [5.74, 6) is -0.454. The van der Waals surface area contributed by atoms with Crippen LogP contribution in [0.1, 0.15) is 23.6 Å². The van der Waals surface area contributed by atoms with Crippen molar-refractivity contribution in [3.05, 3.63) is 63.2 Å². The number of hydrogen-bond donors (Lipinski definition) is 1. The maximum atomic E-state index is 12.6. The molecule has 0 radical (unpaired) electrons. The van der Waals surface area contributed by atoms with E-state index in [0.717, 1.165) is 27.3 Å². The van der Waals surface area contributed by atoms with Crippen LogP contribution in [0.5, 0.6) is 0 Å². The molecule has 2 aromatic rings. The summed E-state index contributed by atoms with van der Waals surface area (Å²) < 4.78 is 0. The number of anilines is 1. The van der Waals surface area contributed by atoms with E-state index in [2.05, 4.69) is 5.32 Å². The fourth-order valence-electron chi connectivity index (χ4n) is 3.06. The lowest BCUT2D eigenvalue weighted by Crippen LogP contribution is -2.39. The molecular weight excluding hydrogens is 390 g/mol. The highest BCUT2D eigenvalue weighted by Gasteiger charge is 2.21. The van der Waals surface area contributed by atoms with Crippen LogP contribution in [0.4, 0.5) is 11.4 Å². The first-order valence-electron chi connectivity index (χ1n) is 9.12. The van der Waals surface area contributed by atoms with Crippen molar-refractivity contribution in [2.24, 2.45) is 0 Å². The van der Waals surface area contributed by atoms with Gasteiger partial charge in [-0.05, 0) is 51.0 Å². The second-order valence-corrected chi connectivity index (χ2v) is 8.44.